The molecule has 0 aliphatic rings. The molecule has 3 nitrogen and oxygen atoms in total. The number of nitrogens with zero attached hydrogens (tertiary/aromatic N) is 2. The van der Waals surface area contributed by atoms with E-state index in [4.69, 9.17) is 4.74 Å². The number of methoxy groups -OCH3 is 1. The number of hydrogen-bond acceptors (Lipinski definition) is 3. The molecule has 10 heavy (non-hydrogen) atoms. The summed E-state index contributed by atoms with van der Waals surface area (Å²) < 4.78 is 4.94. The summed E-state index contributed by atoms with van der Waals surface area (Å²) in [5.74, 6) is 0.772. The van der Waals surface area contributed by atoms with Crippen LogP contribution in [0, 0.1) is 0 Å². The van der Waals surface area contributed by atoms with Crippen LogP contribution in [0.5, 0.6) is 0 Å². The Labute approximate surface area is 62.0 Å². The van der Waals surface area contributed by atoms with Crippen LogP contribution in [0.25, 0.3) is 0 Å². The van der Waals surface area contributed by atoms with Gasteiger partial charge in [0.2, 0.25) is 0 Å². The Morgan fingerprint density at radius 1 is 1.50 bits per heavy atom. The van der Waals surface area contributed by atoms with Gasteiger partial charge in [-0.25, -0.2) is 0 Å². The Balaban J connectivity index is 3.86. The van der Waals surface area contributed by atoms with Crippen LogP contribution in [0.15, 0.2) is 16.9 Å². The molecule has 0 bridgehead atoms. The van der Waals surface area contributed by atoms with E-state index in [0.717, 1.165) is 5.76 Å². The molecule has 58 valence electrons. The fourth-order valence-corrected chi connectivity index (χ4v) is 0.417. The molecule has 0 atom stereocenters. The summed E-state index contributed by atoms with van der Waals surface area (Å²) in [7, 11) is 5.34. The minimum atomic E-state index is 0.772. The van der Waals surface area contributed by atoms with Crippen molar-refractivity contribution in [2.24, 2.45) is 5.10 Å². The summed E-state index contributed by atoms with van der Waals surface area (Å²) in [6.07, 6.45) is 3.52. The summed E-state index contributed by atoms with van der Waals surface area (Å²) in [6.45, 7) is 1.90. The normalized spacial score (nSPS) is 12.2. The summed E-state index contributed by atoms with van der Waals surface area (Å²) in [4.78, 5) is 0. The molecule has 0 radical (unpaired) electrons. The molecular formula is C7H14N2O. The van der Waals surface area contributed by atoms with Gasteiger partial charge >= 0.3 is 0 Å². The zero-order chi connectivity index (χ0) is 7.98. The minimum Gasteiger partial charge on any atom is -0.495 e. The molecule has 0 amide bonds. The second-order valence-corrected chi connectivity index (χ2v) is 1.99. The van der Waals surface area contributed by atoms with Crippen molar-refractivity contribution >= 4 is 6.21 Å². The highest BCUT2D eigenvalue weighted by Crippen LogP contribution is 1.89. The van der Waals surface area contributed by atoms with Gasteiger partial charge < -0.3 is 9.75 Å². The van der Waals surface area contributed by atoms with Gasteiger partial charge in [0.25, 0.3) is 0 Å². The van der Waals surface area contributed by atoms with Crippen LogP contribution in [0.4, 0.5) is 0 Å². The average Bonchev–Trinajstić information content (AvgIpc) is 1.90. The molecule has 0 heterocycles. The van der Waals surface area contributed by atoms with E-state index in [0.29, 0.717) is 0 Å². The standard InChI is InChI=1S/C7H14N2O/c1-5-7(10-4)6-8-9(2)3/h5-6H,1-4H3/b7-5-,8-6+. The largest absolute Gasteiger partial charge is 0.495 e. The molecule has 0 unspecified atom stereocenters. The predicted molar refractivity (Wildman–Crippen MR) is 42.9 cm³/mol. The van der Waals surface area contributed by atoms with Gasteiger partial charge in [-0.2, -0.15) is 5.10 Å². The molecule has 0 aromatic carbocycles. The van der Waals surface area contributed by atoms with Gasteiger partial charge in [0.15, 0.2) is 0 Å². The Hall–Kier alpha value is -0.990. The molecule has 0 saturated heterocycles. The maximum atomic E-state index is 4.94. The molecule has 0 spiro atoms. The van der Waals surface area contributed by atoms with Crippen LogP contribution in [0.3, 0.4) is 0 Å². The lowest BCUT2D eigenvalue weighted by atomic mass is 10.5. The van der Waals surface area contributed by atoms with Gasteiger partial charge in [0, 0.05) is 14.1 Å². The van der Waals surface area contributed by atoms with Gasteiger partial charge in [0.05, 0.1) is 13.3 Å². The van der Waals surface area contributed by atoms with Crippen molar-refractivity contribution in [2.75, 3.05) is 21.2 Å². The van der Waals surface area contributed by atoms with Crippen molar-refractivity contribution in [3.05, 3.63) is 11.8 Å². The van der Waals surface area contributed by atoms with Crippen LogP contribution < -0.4 is 0 Å². The van der Waals surface area contributed by atoms with E-state index in [2.05, 4.69) is 5.10 Å². The fourth-order valence-electron chi connectivity index (χ4n) is 0.417. The summed E-state index contributed by atoms with van der Waals surface area (Å²) in [6, 6.07) is 0. The molecule has 0 aromatic heterocycles. The van der Waals surface area contributed by atoms with Crippen molar-refractivity contribution in [2.45, 2.75) is 6.92 Å². The first-order valence-corrected chi connectivity index (χ1v) is 3.12. The van der Waals surface area contributed by atoms with Crippen LogP contribution in [0.1, 0.15) is 6.92 Å². The van der Waals surface area contributed by atoms with Gasteiger partial charge in [-0.05, 0) is 13.0 Å². The number of hydrazone groups is 1. The van der Waals surface area contributed by atoms with E-state index >= 15 is 0 Å². The predicted octanol–water partition coefficient (Wildman–Crippen LogP) is 1.08. The SMILES string of the molecule is C/C=C(/C=N/N(C)C)OC. The highest BCUT2D eigenvalue weighted by Gasteiger charge is 1.85. The maximum absolute atomic E-state index is 4.94. The third-order valence-electron chi connectivity index (χ3n) is 0.936. The van der Waals surface area contributed by atoms with E-state index in [1.165, 1.54) is 0 Å². The van der Waals surface area contributed by atoms with Crippen molar-refractivity contribution in [3.63, 3.8) is 0 Å². The Morgan fingerprint density at radius 3 is 2.40 bits per heavy atom. The molecule has 0 rings (SSSR count). The topological polar surface area (TPSA) is 24.8 Å². The summed E-state index contributed by atoms with van der Waals surface area (Å²) in [5, 5.41) is 5.69. The lowest BCUT2D eigenvalue weighted by molar-refractivity contribution is 0.314. The molecule has 0 N–H and O–H groups in total. The van der Waals surface area contributed by atoms with Gasteiger partial charge in [-0.1, -0.05) is 0 Å². The zero-order valence-corrected chi connectivity index (χ0v) is 6.96. The second kappa shape index (κ2) is 4.85. The lowest BCUT2D eigenvalue weighted by Gasteiger charge is -2.03. The smallest absolute Gasteiger partial charge is 0.134 e. The molecule has 0 fully saturated rings. The van der Waals surface area contributed by atoms with Crippen LogP contribution in [-0.2, 0) is 4.74 Å². The molecular weight excluding hydrogens is 128 g/mol. The molecule has 0 saturated carbocycles. The van der Waals surface area contributed by atoms with E-state index in [1.807, 2.05) is 27.1 Å². The third kappa shape index (κ3) is 3.95. The first-order chi connectivity index (χ1) is 4.70. The van der Waals surface area contributed by atoms with E-state index in [-0.39, 0.29) is 0 Å². The number of allylic oxidation sites excluding steroid dienone is 2. The van der Waals surface area contributed by atoms with Crippen LogP contribution in [0.2, 0.25) is 0 Å². The first-order valence-electron chi connectivity index (χ1n) is 3.12. The monoisotopic (exact) mass is 142 g/mol. The second-order valence-electron chi connectivity index (χ2n) is 1.99. The fraction of sp³-hybridized carbons (Fsp3) is 0.571. The van der Waals surface area contributed by atoms with Gasteiger partial charge in [-0.15, -0.1) is 0 Å². The zero-order valence-electron chi connectivity index (χ0n) is 6.96. The van der Waals surface area contributed by atoms with Crippen LogP contribution >= 0.6 is 0 Å². The maximum Gasteiger partial charge on any atom is 0.134 e. The highest BCUT2D eigenvalue weighted by atomic mass is 16.5. The van der Waals surface area contributed by atoms with Gasteiger partial charge in [0.1, 0.15) is 5.76 Å². The van der Waals surface area contributed by atoms with Crippen molar-refractivity contribution in [3.8, 4) is 0 Å². The van der Waals surface area contributed by atoms with Gasteiger partial charge in [-0.3, -0.25) is 0 Å². The first kappa shape index (κ1) is 9.01. The molecule has 3 heteroatoms. The summed E-state index contributed by atoms with van der Waals surface area (Å²) in [5.41, 5.74) is 0. The van der Waals surface area contributed by atoms with E-state index in [1.54, 1.807) is 18.3 Å². The number of hydrogen-bond donors (Lipinski definition) is 0. The Bertz CT molecular complexity index is 139. The molecule has 0 aliphatic carbocycles. The third-order valence-corrected chi connectivity index (χ3v) is 0.936. The lowest BCUT2D eigenvalue weighted by Crippen LogP contribution is -2.02. The highest BCUT2D eigenvalue weighted by molar-refractivity contribution is 5.75. The number of rotatable bonds is 3. The quantitative estimate of drug-likeness (QED) is 0.334. The Morgan fingerprint density at radius 2 is 2.10 bits per heavy atom. The minimum absolute atomic E-state index is 0.772. The van der Waals surface area contributed by atoms with Crippen LogP contribution in [-0.4, -0.2) is 32.4 Å². The number of ether oxygens (including phenoxy) is 1. The van der Waals surface area contributed by atoms with Crippen molar-refractivity contribution in [1.29, 1.82) is 0 Å². The molecule has 0 aliphatic heterocycles. The van der Waals surface area contributed by atoms with Crippen molar-refractivity contribution in [1.82, 2.24) is 5.01 Å². The Kier molecular flexibility index (Phi) is 4.37. The van der Waals surface area contributed by atoms with Crippen molar-refractivity contribution < 1.29 is 4.74 Å². The van der Waals surface area contributed by atoms with E-state index < -0.39 is 0 Å². The molecule has 0 aromatic rings. The summed E-state index contributed by atoms with van der Waals surface area (Å²) >= 11 is 0. The van der Waals surface area contributed by atoms with E-state index in [9.17, 15) is 0 Å². The average molecular weight is 142 g/mol.